The molecule has 0 unspecified atom stereocenters. The van der Waals surface area contributed by atoms with Crippen molar-refractivity contribution in [2.24, 2.45) is 5.92 Å². The monoisotopic (exact) mass is 437 g/mol. The van der Waals surface area contributed by atoms with Crippen molar-refractivity contribution in [2.75, 3.05) is 25.1 Å². The molecule has 10 heteroatoms. The number of amides is 2. The van der Waals surface area contributed by atoms with Gasteiger partial charge in [0.05, 0.1) is 0 Å². The lowest BCUT2D eigenvalue weighted by Gasteiger charge is -2.33. The van der Waals surface area contributed by atoms with E-state index in [-0.39, 0.29) is 18.1 Å². The van der Waals surface area contributed by atoms with Gasteiger partial charge >= 0.3 is 0 Å². The van der Waals surface area contributed by atoms with Gasteiger partial charge in [-0.3, -0.25) is 14.4 Å². The molecule has 2 aromatic rings. The molecule has 0 saturated carbocycles. The molecule has 30 heavy (non-hydrogen) atoms. The normalized spacial score (nSPS) is 18.2. The second-order valence-corrected chi connectivity index (χ2v) is 9.91. The number of halogens is 1. The van der Waals surface area contributed by atoms with Crippen LogP contribution in [0.1, 0.15) is 30.3 Å². The van der Waals surface area contributed by atoms with E-state index in [2.05, 4.69) is 10.3 Å². The number of nitrogens with one attached hydrogen (secondary N) is 2. The average Bonchev–Trinajstić information content (AvgIpc) is 3.09. The van der Waals surface area contributed by atoms with Gasteiger partial charge in [0.2, 0.25) is 5.91 Å². The number of hydrogen-bond acceptors (Lipinski definition) is 5. The van der Waals surface area contributed by atoms with E-state index in [1.165, 1.54) is 17.0 Å². The molecule has 162 valence electrons. The lowest BCUT2D eigenvalue weighted by molar-refractivity contribution is -0.136. The van der Waals surface area contributed by atoms with Gasteiger partial charge in [-0.05, 0) is 44.0 Å². The first-order valence-corrected chi connectivity index (χ1v) is 11.7. The van der Waals surface area contributed by atoms with Crippen LogP contribution in [0.15, 0.2) is 24.3 Å². The van der Waals surface area contributed by atoms with Gasteiger partial charge in [0.25, 0.3) is 5.91 Å². The molecule has 0 radical (unpaired) electrons. The van der Waals surface area contributed by atoms with Crippen molar-refractivity contribution >= 4 is 38.3 Å². The van der Waals surface area contributed by atoms with Crippen molar-refractivity contribution in [1.29, 1.82) is 0 Å². The van der Waals surface area contributed by atoms with Gasteiger partial charge in [-0.25, -0.2) is 12.8 Å². The molecule has 8 nitrogen and oxygen atoms in total. The number of ketones is 1. The predicted molar refractivity (Wildman–Crippen MR) is 109 cm³/mol. The third-order valence-electron chi connectivity index (χ3n) is 5.14. The summed E-state index contributed by atoms with van der Waals surface area (Å²) in [6, 6.07) is 4.85. The molecule has 2 amide bonds. The summed E-state index contributed by atoms with van der Waals surface area (Å²) in [5.41, 5.74) is 0.678. The van der Waals surface area contributed by atoms with E-state index in [9.17, 15) is 27.2 Å². The van der Waals surface area contributed by atoms with Gasteiger partial charge in [0, 0.05) is 36.2 Å². The first-order chi connectivity index (χ1) is 14.0. The van der Waals surface area contributed by atoms with E-state index in [0.29, 0.717) is 30.3 Å². The maximum Gasteiger partial charge on any atom is 0.268 e. The molecule has 2 N–H and O–H groups in total. The van der Waals surface area contributed by atoms with Crippen LogP contribution in [0, 0.1) is 11.7 Å². The Morgan fingerprint density at radius 1 is 1.30 bits per heavy atom. The van der Waals surface area contributed by atoms with Gasteiger partial charge in [-0.1, -0.05) is 0 Å². The molecule has 1 aromatic heterocycles. The van der Waals surface area contributed by atoms with Crippen molar-refractivity contribution in [2.45, 2.75) is 25.8 Å². The number of aromatic nitrogens is 1. The fourth-order valence-electron chi connectivity index (χ4n) is 3.65. The first kappa shape index (κ1) is 21.9. The molecule has 1 aromatic carbocycles. The van der Waals surface area contributed by atoms with Gasteiger partial charge < -0.3 is 15.2 Å². The summed E-state index contributed by atoms with van der Waals surface area (Å²) in [6.45, 7) is 2.12. The lowest BCUT2D eigenvalue weighted by atomic mass is 9.94. The van der Waals surface area contributed by atoms with E-state index in [0.717, 1.165) is 6.26 Å². The number of carbonyl (C=O) groups is 3. The highest BCUT2D eigenvalue weighted by Gasteiger charge is 2.32. The van der Waals surface area contributed by atoms with E-state index < -0.39 is 45.1 Å². The Labute approximate surface area is 173 Å². The Morgan fingerprint density at radius 3 is 2.73 bits per heavy atom. The minimum absolute atomic E-state index is 0.138. The molecule has 0 spiro atoms. The molecule has 0 aliphatic carbocycles. The predicted octanol–water partition coefficient (Wildman–Crippen LogP) is 1.28. The summed E-state index contributed by atoms with van der Waals surface area (Å²) in [4.78, 5) is 41.8. The molecule has 2 heterocycles. The maximum atomic E-state index is 13.3. The number of fused-ring (bicyclic) bond motifs is 1. The van der Waals surface area contributed by atoms with Crippen LogP contribution >= 0.6 is 0 Å². The zero-order valence-corrected chi connectivity index (χ0v) is 17.6. The summed E-state index contributed by atoms with van der Waals surface area (Å²) in [6.07, 6.45) is 2.12. The molecular formula is C20H24FN3O5S. The highest BCUT2D eigenvalue weighted by molar-refractivity contribution is 7.91. The third kappa shape index (κ3) is 5.24. The average molecular weight is 437 g/mol. The van der Waals surface area contributed by atoms with Crippen molar-refractivity contribution < 1.29 is 27.2 Å². The maximum absolute atomic E-state index is 13.3. The van der Waals surface area contributed by atoms with Crippen LogP contribution in [0.4, 0.5) is 4.39 Å². The highest BCUT2D eigenvalue weighted by Crippen LogP contribution is 2.20. The smallest absolute Gasteiger partial charge is 0.268 e. The number of aromatic amines is 1. The van der Waals surface area contributed by atoms with Crippen LogP contribution in [0.5, 0.6) is 0 Å². The molecular weight excluding hydrogens is 413 g/mol. The van der Waals surface area contributed by atoms with E-state index in [1.54, 1.807) is 19.1 Å². The second kappa shape index (κ2) is 8.55. The summed E-state index contributed by atoms with van der Waals surface area (Å²) >= 11 is 0. The number of benzene rings is 1. The van der Waals surface area contributed by atoms with E-state index >= 15 is 0 Å². The van der Waals surface area contributed by atoms with Crippen LogP contribution in [-0.2, 0) is 19.4 Å². The summed E-state index contributed by atoms with van der Waals surface area (Å²) < 4.78 is 36.1. The fraction of sp³-hybridized carbons (Fsp3) is 0.450. The number of rotatable bonds is 6. The number of hydrogen-bond donors (Lipinski definition) is 2. The SMILES string of the molecule is C[C@@H](NC(=O)c1cc2ccc(F)cc2[nH]1)C(=O)N1CCC[C@H](C(=O)CS(C)(=O)=O)C1. The van der Waals surface area contributed by atoms with Crippen LogP contribution in [0.2, 0.25) is 0 Å². The third-order valence-corrected chi connectivity index (χ3v) is 5.95. The Bertz CT molecular complexity index is 1100. The van der Waals surface area contributed by atoms with Gasteiger partial charge in [0.15, 0.2) is 15.6 Å². The number of carbonyl (C=O) groups excluding carboxylic acids is 3. The van der Waals surface area contributed by atoms with Gasteiger partial charge in [-0.2, -0.15) is 0 Å². The minimum Gasteiger partial charge on any atom is -0.350 e. The second-order valence-electron chi connectivity index (χ2n) is 7.77. The molecule has 3 rings (SSSR count). The van der Waals surface area contributed by atoms with Crippen molar-refractivity contribution in [3.8, 4) is 0 Å². The number of Topliss-reactive ketones (excluding diaryl/α,β-unsaturated/α-hetero) is 1. The molecule has 1 fully saturated rings. The minimum atomic E-state index is -3.42. The molecule has 0 bridgehead atoms. The number of sulfone groups is 1. The lowest BCUT2D eigenvalue weighted by Crippen LogP contribution is -2.51. The zero-order chi connectivity index (χ0) is 22.1. The molecule has 1 aliphatic rings. The van der Waals surface area contributed by atoms with Gasteiger partial charge in [0.1, 0.15) is 23.3 Å². The topological polar surface area (TPSA) is 116 Å². The quantitative estimate of drug-likeness (QED) is 0.706. The largest absolute Gasteiger partial charge is 0.350 e. The van der Waals surface area contributed by atoms with Crippen LogP contribution in [0.25, 0.3) is 10.9 Å². The Kier molecular flexibility index (Phi) is 6.25. The summed E-state index contributed by atoms with van der Waals surface area (Å²) in [5.74, 6) is -2.73. The van der Waals surface area contributed by atoms with Crippen LogP contribution in [0.3, 0.4) is 0 Å². The van der Waals surface area contributed by atoms with Crippen LogP contribution < -0.4 is 5.32 Å². The number of likely N-dealkylation sites (tertiary alicyclic amines) is 1. The Hall–Kier alpha value is -2.75. The Morgan fingerprint density at radius 2 is 2.03 bits per heavy atom. The van der Waals surface area contributed by atoms with Crippen molar-refractivity contribution in [1.82, 2.24) is 15.2 Å². The van der Waals surface area contributed by atoms with E-state index in [1.807, 2.05) is 0 Å². The number of nitrogens with zero attached hydrogens (tertiary/aromatic N) is 1. The van der Waals surface area contributed by atoms with Crippen molar-refractivity contribution in [3.63, 3.8) is 0 Å². The molecule has 2 atom stereocenters. The molecule has 1 saturated heterocycles. The standard InChI is InChI=1S/C20H24FN3O5S/c1-12(22-19(26)17-8-13-5-6-15(21)9-16(13)23-17)20(27)24-7-3-4-14(10-24)18(25)11-30(2,28)29/h5-6,8-9,12,14,23H,3-4,7,10-11H2,1-2H3,(H,22,26)/t12-,14+/m1/s1. The van der Waals surface area contributed by atoms with E-state index in [4.69, 9.17) is 0 Å². The summed E-state index contributed by atoms with van der Waals surface area (Å²) in [7, 11) is -3.42. The van der Waals surface area contributed by atoms with Crippen LogP contribution in [-0.4, -0.2) is 67.0 Å². The fourth-order valence-corrected chi connectivity index (χ4v) is 4.40. The number of piperidine rings is 1. The van der Waals surface area contributed by atoms with Gasteiger partial charge in [-0.15, -0.1) is 0 Å². The first-order valence-electron chi connectivity index (χ1n) is 9.62. The zero-order valence-electron chi connectivity index (χ0n) is 16.8. The highest BCUT2D eigenvalue weighted by atomic mass is 32.2. The van der Waals surface area contributed by atoms with Crippen molar-refractivity contribution in [3.05, 3.63) is 35.8 Å². The molecule has 1 aliphatic heterocycles. The Balaban J connectivity index is 1.62. The summed E-state index contributed by atoms with van der Waals surface area (Å²) in [5, 5.41) is 3.29. The number of H-pyrrole nitrogens is 1.